The summed E-state index contributed by atoms with van der Waals surface area (Å²) in [7, 11) is 0. The van der Waals surface area contributed by atoms with Gasteiger partial charge < -0.3 is 5.32 Å². The molecule has 2 heterocycles. The molecule has 1 atom stereocenters. The highest BCUT2D eigenvalue weighted by Crippen LogP contribution is 2.25. The Morgan fingerprint density at radius 2 is 2.06 bits per heavy atom. The largest absolute Gasteiger partial charge is 0.316 e. The maximum absolute atomic E-state index is 12.1. The van der Waals surface area contributed by atoms with Crippen molar-refractivity contribution in [3.8, 4) is 0 Å². The molecule has 17 heavy (non-hydrogen) atoms. The Bertz CT molecular complexity index is 418. The predicted octanol–water partition coefficient (Wildman–Crippen LogP) is 1.03. The Balaban J connectivity index is 2.12. The normalized spacial score (nSPS) is 23.7. The number of hydrogen-bond acceptors (Lipinski definition) is 4. The molecule has 1 aliphatic heterocycles. The minimum atomic E-state index is -0.346. The fraction of sp³-hybridized carbons (Fsp3) is 0.583. The molecular weight excluding hydrogens is 216 g/mol. The molecule has 0 spiro atoms. The minimum absolute atomic E-state index is 0.00694. The number of rotatable bonds is 2. The molecule has 1 unspecified atom stereocenters. The molecular formula is C12H18N4O. The molecule has 0 aromatic carbocycles. The van der Waals surface area contributed by atoms with Gasteiger partial charge in [-0.2, -0.15) is 0 Å². The Morgan fingerprint density at radius 3 is 2.59 bits per heavy atom. The minimum Gasteiger partial charge on any atom is -0.316 e. The molecule has 1 saturated heterocycles. The van der Waals surface area contributed by atoms with E-state index in [1.807, 2.05) is 26.8 Å². The second-order valence-electron chi connectivity index (χ2n) is 4.92. The van der Waals surface area contributed by atoms with Crippen LogP contribution in [0.5, 0.6) is 0 Å². The number of carbonyl (C=O) groups is 1. The summed E-state index contributed by atoms with van der Waals surface area (Å²) in [6.45, 7) is 7.35. The van der Waals surface area contributed by atoms with Crippen molar-refractivity contribution >= 4 is 11.9 Å². The fourth-order valence-corrected chi connectivity index (χ4v) is 2.05. The standard InChI is InChI=1S/C12H18N4O/c1-8-6-9(2)15-11(14-8)16-10(17)12(3)4-5-13-7-12/h6,13H,4-5,7H2,1-3H3,(H,14,15,16,17). The van der Waals surface area contributed by atoms with E-state index in [1.165, 1.54) is 0 Å². The van der Waals surface area contributed by atoms with Gasteiger partial charge in [-0.25, -0.2) is 9.97 Å². The third kappa shape index (κ3) is 2.61. The zero-order chi connectivity index (χ0) is 12.5. The van der Waals surface area contributed by atoms with Gasteiger partial charge in [-0.3, -0.25) is 10.1 Å². The number of aryl methyl sites for hydroxylation is 2. The van der Waals surface area contributed by atoms with Crippen LogP contribution in [-0.4, -0.2) is 29.0 Å². The number of anilines is 1. The third-order valence-corrected chi connectivity index (χ3v) is 3.12. The number of nitrogens with zero attached hydrogens (tertiary/aromatic N) is 2. The quantitative estimate of drug-likeness (QED) is 0.802. The van der Waals surface area contributed by atoms with Gasteiger partial charge in [0.25, 0.3) is 0 Å². The van der Waals surface area contributed by atoms with Crippen molar-refractivity contribution in [3.63, 3.8) is 0 Å². The third-order valence-electron chi connectivity index (χ3n) is 3.12. The monoisotopic (exact) mass is 234 g/mol. The molecule has 2 N–H and O–H groups in total. The van der Waals surface area contributed by atoms with Gasteiger partial charge in [0.15, 0.2) is 0 Å². The lowest BCUT2D eigenvalue weighted by Crippen LogP contribution is -2.35. The van der Waals surface area contributed by atoms with Crippen molar-refractivity contribution in [3.05, 3.63) is 17.5 Å². The number of nitrogens with one attached hydrogen (secondary N) is 2. The van der Waals surface area contributed by atoms with E-state index in [1.54, 1.807) is 0 Å². The Morgan fingerprint density at radius 1 is 1.41 bits per heavy atom. The van der Waals surface area contributed by atoms with Crippen LogP contribution in [0.3, 0.4) is 0 Å². The zero-order valence-electron chi connectivity index (χ0n) is 10.5. The van der Waals surface area contributed by atoms with Gasteiger partial charge in [-0.1, -0.05) is 0 Å². The molecule has 0 aliphatic carbocycles. The van der Waals surface area contributed by atoms with Crippen molar-refractivity contribution in [2.75, 3.05) is 18.4 Å². The van der Waals surface area contributed by atoms with Crippen LogP contribution >= 0.6 is 0 Å². The van der Waals surface area contributed by atoms with Crippen molar-refractivity contribution < 1.29 is 4.79 Å². The first kappa shape index (κ1) is 12.0. The van der Waals surface area contributed by atoms with Crippen LogP contribution in [0, 0.1) is 19.3 Å². The lowest BCUT2D eigenvalue weighted by Gasteiger charge is -2.20. The lowest BCUT2D eigenvalue weighted by atomic mass is 9.89. The Labute approximate surface area is 101 Å². The first-order valence-corrected chi connectivity index (χ1v) is 5.84. The topological polar surface area (TPSA) is 66.9 Å². The van der Waals surface area contributed by atoms with Gasteiger partial charge in [0.05, 0.1) is 5.41 Å². The van der Waals surface area contributed by atoms with Crippen molar-refractivity contribution in [2.45, 2.75) is 27.2 Å². The summed E-state index contributed by atoms with van der Waals surface area (Å²) in [6.07, 6.45) is 0.851. The van der Waals surface area contributed by atoms with Gasteiger partial charge in [0.2, 0.25) is 11.9 Å². The molecule has 1 aromatic heterocycles. The molecule has 1 aromatic rings. The number of carbonyl (C=O) groups excluding carboxylic acids is 1. The van der Waals surface area contributed by atoms with Crippen LogP contribution in [0.1, 0.15) is 24.7 Å². The summed E-state index contributed by atoms with van der Waals surface area (Å²) in [6, 6.07) is 1.88. The maximum atomic E-state index is 12.1. The van der Waals surface area contributed by atoms with E-state index in [0.29, 0.717) is 12.5 Å². The molecule has 0 saturated carbocycles. The maximum Gasteiger partial charge on any atom is 0.234 e. The molecule has 5 heteroatoms. The predicted molar refractivity (Wildman–Crippen MR) is 65.7 cm³/mol. The van der Waals surface area contributed by atoms with Crippen molar-refractivity contribution in [1.29, 1.82) is 0 Å². The van der Waals surface area contributed by atoms with E-state index in [2.05, 4.69) is 20.6 Å². The smallest absolute Gasteiger partial charge is 0.234 e. The van der Waals surface area contributed by atoms with Crippen LogP contribution in [0.15, 0.2) is 6.07 Å². The lowest BCUT2D eigenvalue weighted by molar-refractivity contribution is -0.123. The SMILES string of the molecule is Cc1cc(C)nc(NC(=O)C2(C)CCNC2)n1. The number of aromatic nitrogens is 2. The van der Waals surface area contributed by atoms with Crippen LogP contribution in [0.4, 0.5) is 5.95 Å². The molecule has 5 nitrogen and oxygen atoms in total. The van der Waals surface area contributed by atoms with E-state index in [9.17, 15) is 4.79 Å². The molecule has 92 valence electrons. The van der Waals surface area contributed by atoms with E-state index < -0.39 is 0 Å². The average Bonchev–Trinajstić information content (AvgIpc) is 2.64. The highest BCUT2D eigenvalue weighted by molar-refractivity contribution is 5.94. The van der Waals surface area contributed by atoms with Gasteiger partial charge in [0, 0.05) is 17.9 Å². The van der Waals surface area contributed by atoms with Crippen LogP contribution in [0.2, 0.25) is 0 Å². The Kier molecular flexibility index (Phi) is 3.11. The summed E-state index contributed by atoms with van der Waals surface area (Å²) < 4.78 is 0. The van der Waals surface area contributed by atoms with Crippen LogP contribution < -0.4 is 10.6 Å². The summed E-state index contributed by atoms with van der Waals surface area (Å²) in [5, 5.41) is 6.01. The van der Waals surface area contributed by atoms with E-state index in [-0.39, 0.29) is 11.3 Å². The fourth-order valence-electron chi connectivity index (χ4n) is 2.05. The van der Waals surface area contributed by atoms with Gasteiger partial charge in [-0.05, 0) is 39.8 Å². The second kappa shape index (κ2) is 4.41. The van der Waals surface area contributed by atoms with E-state index >= 15 is 0 Å². The first-order chi connectivity index (χ1) is 7.99. The summed E-state index contributed by atoms with van der Waals surface area (Å²) >= 11 is 0. The molecule has 0 bridgehead atoms. The molecule has 1 fully saturated rings. The van der Waals surface area contributed by atoms with E-state index in [4.69, 9.17) is 0 Å². The molecule has 1 amide bonds. The average molecular weight is 234 g/mol. The summed E-state index contributed by atoms with van der Waals surface area (Å²) in [5.41, 5.74) is 1.38. The number of hydrogen-bond donors (Lipinski definition) is 2. The second-order valence-corrected chi connectivity index (χ2v) is 4.92. The molecule has 0 radical (unpaired) electrons. The highest BCUT2D eigenvalue weighted by atomic mass is 16.2. The van der Waals surface area contributed by atoms with Gasteiger partial charge >= 0.3 is 0 Å². The van der Waals surface area contributed by atoms with Gasteiger partial charge in [0.1, 0.15) is 0 Å². The number of amides is 1. The summed E-state index contributed by atoms with van der Waals surface area (Å²) in [4.78, 5) is 20.6. The highest BCUT2D eigenvalue weighted by Gasteiger charge is 2.36. The first-order valence-electron chi connectivity index (χ1n) is 5.84. The van der Waals surface area contributed by atoms with Crippen molar-refractivity contribution in [1.82, 2.24) is 15.3 Å². The van der Waals surface area contributed by atoms with Crippen LogP contribution in [-0.2, 0) is 4.79 Å². The molecule has 2 rings (SSSR count). The van der Waals surface area contributed by atoms with Crippen LogP contribution in [0.25, 0.3) is 0 Å². The zero-order valence-corrected chi connectivity index (χ0v) is 10.5. The molecule has 1 aliphatic rings. The summed E-state index contributed by atoms with van der Waals surface area (Å²) in [5.74, 6) is 0.396. The van der Waals surface area contributed by atoms with Gasteiger partial charge in [-0.15, -0.1) is 0 Å². The Hall–Kier alpha value is -1.49. The van der Waals surface area contributed by atoms with E-state index in [0.717, 1.165) is 24.4 Å². The van der Waals surface area contributed by atoms with Crippen molar-refractivity contribution in [2.24, 2.45) is 5.41 Å².